The largest absolute Gasteiger partial charge is 0.494 e. The third kappa shape index (κ3) is 6.15. The molecule has 0 unspecified atom stereocenters. The first kappa shape index (κ1) is 21.1. The van der Waals surface area contributed by atoms with Crippen LogP contribution in [0.15, 0.2) is 24.3 Å². The van der Waals surface area contributed by atoms with Gasteiger partial charge in [-0.25, -0.2) is 4.79 Å². The van der Waals surface area contributed by atoms with E-state index in [0.29, 0.717) is 19.7 Å². The van der Waals surface area contributed by atoms with Crippen LogP contribution in [0.4, 0.5) is 4.79 Å². The fourth-order valence-electron chi connectivity index (χ4n) is 3.40. The van der Waals surface area contributed by atoms with Gasteiger partial charge in [-0.1, -0.05) is 19.1 Å². The molecule has 150 valence electrons. The number of urea groups is 1. The van der Waals surface area contributed by atoms with Gasteiger partial charge in [0, 0.05) is 40.8 Å². The average molecular weight is 376 g/mol. The zero-order valence-corrected chi connectivity index (χ0v) is 17.1. The minimum atomic E-state index is -0.102. The van der Waals surface area contributed by atoms with E-state index in [9.17, 15) is 9.59 Å². The van der Waals surface area contributed by atoms with Crippen molar-refractivity contribution in [2.24, 2.45) is 5.92 Å². The number of carbonyl (C=O) groups is 2. The average Bonchev–Trinajstić information content (AvgIpc) is 2.70. The third-order valence-electron chi connectivity index (χ3n) is 5.01. The van der Waals surface area contributed by atoms with Gasteiger partial charge in [0.2, 0.25) is 5.91 Å². The SMILES string of the molecule is CCc1cccc(OCCCN(C)C(=O)[C@H]2CCCN(C(=O)N(C)C)C2)c1. The van der Waals surface area contributed by atoms with Gasteiger partial charge in [-0.2, -0.15) is 0 Å². The molecule has 0 aliphatic carbocycles. The molecule has 3 amide bonds. The Hall–Kier alpha value is -2.24. The van der Waals surface area contributed by atoms with Crippen LogP contribution in [0.3, 0.4) is 0 Å². The maximum atomic E-state index is 12.7. The molecule has 1 aliphatic rings. The second-order valence-electron chi connectivity index (χ2n) is 7.42. The lowest BCUT2D eigenvalue weighted by atomic mass is 9.97. The molecular weight excluding hydrogens is 342 g/mol. The summed E-state index contributed by atoms with van der Waals surface area (Å²) < 4.78 is 5.80. The van der Waals surface area contributed by atoms with Crippen LogP contribution in [-0.4, -0.2) is 74.0 Å². The highest BCUT2D eigenvalue weighted by Crippen LogP contribution is 2.19. The van der Waals surface area contributed by atoms with E-state index in [2.05, 4.69) is 19.1 Å². The molecule has 1 fully saturated rings. The van der Waals surface area contributed by atoms with Crippen molar-refractivity contribution in [2.45, 2.75) is 32.6 Å². The van der Waals surface area contributed by atoms with E-state index < -0.39 is 0 Å². The first-order valence-electron chi connectivity index (χ1n) is 9.85. The molecule has 0 bridgehead atoms. The Bertz CT molecular complexity index is 633. The lowest BCUT2D eigenvalue weighted by Crippen LogP contribution is -2.48. The van der Waals surface area contributed by atoms with Crippen LogP contribution in [0.1, 0.15) is 31.7 Å². The topological polar surface area (TPSA) is 53.1 Å². The first-order valence-corrected chi connectivity index (χ1v) is 9.85. The number of benzene rings is 1. The molecule has 6 nitrogen and oxygen atoms in total. The Kier molecular flexibility index (Phi) is 7.95. The minimum Gasteiger partial charge on any atom is -0.494 e. The molecule has 1 saturated heterocycles. The normalized spacial score (nSPS) is 16.7. The van der Waals surface area contributed by atoms with Gasteiger partial charge in [-0.3, -0.25) is 4.79 Å². The van der Waals surface area contributed by atoms with E-state index >= 15 is 0 Å². The van der Waals surface area contributed by atoms with Gasteiger partial charge in [-0.05, 0) is 43.4 Å². The smallest absolute Gasteiger partial charge is 0.319 e. The summed E-state index contributed by atoms with van der Waals surface area (Å²) in [4.78, 5) is 30.0. The number of aryl methyl sites for hydroxylation is 1. The molecule has 0 spiro atoms. The summed E-state index contributed by atoms with van der Waals surface area (Å²) in [7, 11) is 5.33. The monoisotopic (exact) mass is 375 g/mol. The Morgan fingerprint density at radius 2 is 2.04 bits per heavy atom. The lowest BCUT2D eigenvalue weighted by molar-refractivity contribution is -0.135. The minimum absolute atomic E-state index is 0.0159. The molecule has 2 rings (SSSR count). The number of piperidine rings is 1. The molecular formula is C21H33N3O3. The van der Waals surface area contributed by atoms with Crippen molar-refractivity contribution in [1.82, 2.24) is 14.7 Å². The molecule has 0 radical (unpaired) electrons. The van der Waals surface area contributed by atoms with Crippen LogP contribution >= 0.6 is 0 Å². The van der Waals surface area contributed by atoms with Gasteiger partial charge in [0.15, 0.2) is 0 Å². The van der Waals surface area contributed by atoms with Gasteiger partial charge >= 0.3 is 6.03 Å². The number of carbonyl (C=O) groups excluding carboxylic acids is 2. The van der Waals surface area contributed by atoms with Crippen LogP contribution in [-0.2, 0) is 11.2 Å². The van der Waals surface area contributed by atoms with Crippen molar-refractivity contribution in [2.75, 3.05) is 47.4 Å². The Labute approximate surface area is 163 Å². The highest BCUT2D eigenvalue weighted by Gasteiger charge is 2.30. The van der Waals surface area contributed by atoms with Gasteiger partial charge in [0.1, 0.15) is 5.75 Å². The summed E-state index contributed by atoms with van der Waals surface area (Å²) in [6, 6.07) is 8.11. The zero-order valence-electron chi connectivity index (χ0n) is 17.1. The maximum absolute atomic E-state index is 12.7. The summed E-state index contributed by atoms with van der Waals surface area (Å²) in [5.74, 6) is 0.905. The van der Waals surface area contributed by atoms with Gasteiger partial charge < -0.3 is 19.4 Å². The van der Waals surface area contributed by atoms with Crippen LogP contribution in [0, 0.1) is 5.92 Å². The quantitative estimate of drug-likeness (QED) is 0.689. The Balaban J connectivity index is 1.75. The number of nitrogens with zero attached hydrogens (tertiary/aromatic N) is 3. The predicted octanol–water partition coefficient (Wildman–Crippen LogP) is 2.87. The van der Waals surface area contributed by atoms with E-state index in [1.54, 1.807) is 28.8 Å². The number of ether oxygens (including phenoxy) is 1. The molecule has 1 atom stereocenters. The third-order valence-corrected chi connectivity index (χ3v) is 5.01. The molecule has 27 heavy (non-hydrogen) atoms. The van der Waals surface area contributed by atoms with E-state index in [1.807, 2.05) is 19.2 Å². The fraction of sp³-hybridized carbons (Fsp3) is 0.619. The number of hydrogen-bond donors (Lipinski definition) is 0. The summed E-state index contributed by atoms with van der Waals surface area (Å²) >= 11 is 0. The molecule has 1 heterocycles. The standard InChI is InChI=1S/C21H33N3O3/c1-5-17-9-6-11-19(15-17)27-14-8-12-23(4)20(25)18-10-7-13-24(16-18)21(26)22(2)3/h6,9,11,15,18H,5,7-8,10,12-14,16H2,1-4H3/t18-/m0/s1. The Morgan fingerprint density at radius 1 is 1.26 bits per heavy atom. The summed E-state index contributed by atoms with van der Waals surface area (Å²) in [5, 5.41) is 0. The molecule has 0 N–H and O–H groups in total. The van der Waals surface area contributed by atoms with E-state index in [0.717, 1.165) is 38.0 Å². The van der Waals surface area contributed by atoms with E-state index in [1.165, 1.54) is 5.56 Å². The number of hydrogen-bond acceptors (Lipinski definition) is 3. The van der Waals surface area contributed by atoms with Crippen molar-refractivity contribution in [3.05, 3.63) is 29.8 Å². The second kappa shape index (κ2) is 10.2. The van der Waals surface area contributed by atoms with Gasteiger partial charge in [0.05, 0.1) is 12.5 Å². The molecule has 0 saturated carbocycles. The zero-order chi connectivity index (χ0) is 19.8. The van der Waals surface area contributed by atoms with Crippen molar-refractivity contribution >= 4 is 11.9 Å². The molecule has 1 aliphatic heterocycles. The van der Waals surface area contributed by atoms with Gasteiger partial charge in [0.25, 0.3) is 0 Å². The van der Waals surface area contributed by atoms with Crippen LogP contribution in [0.2, 0.25) is 0 Å². The lowest BCUT2D eigenvalue weighted by Gasteiger charge is -2.35. The first-order chi connectivity index (χ1) is 12.9. The van der Waals surface area contributed by atoms with E-state index in [4.69, 9.17) is 4.74 Å². The predicted molar refractivity (Wildman–Crippen MR) is 107 cm³/mol. The maximum Gasteiger partial charge on any atom is 0.319 e. The molecule has 1 aromatic rings. The molecule has 0 aromatic heterocycles. The van der Waals surface area contributed by atoms with Crippen molar-refractivity contribution in [3.63, 3.8) is 0 Å². The molecule has 1 aromatic carbocycles. The van der Waals surface area contributed by atoms with E-state index in [-0.39, 0.29) is 17.9 Å². The van der Waals surface area contributed by atoms with Crippen LogP contribution in [0.5, 0.6) is 5.75 Å². The number of amides is 3. The highest BCUT2D eigenvalue weighted by atomic mass is 16.5. The number of likely N-dealkylation sites (tertiary alicyclic amines) is 1. The van der Waals surface area contributed by atoms with Crippen LogP contribution in [0.25, 0.3) is 0 Å². The number of rotatable bonds is 7. The summed E-state index contributed by atoms with van der Waals surface area (Å²) in [6.45, 7) is 4.61. The second-order valence-corrected chi connectivity index (χ2v) is 7.42. The Morgan fingerprint density at radius 3 is 2.74 bits per heavy atom. The van der Waals surface area contributed by atoms with Crippen molar-refractivity contribution in [1.29, 1.82) is 0 Å². The van der Waals surface area contributed by atoms with Crippen LogP contribution < -0.4 is 4.74 Å². The molecule has 6 heteroatoms. The van der Waals surface area contributed by atoms with Crippen molar-refractivity contribution < 1.29 is 14.3 Å². The van der Waals surface area contributed by atoms with Crippen molar-refractivity contribution in [3.8, 4) is 5.75 Å². The summed E-state index contributed by atoms with van der Waals surface area (Å²) in [6.07, 6.45) is 3.50. The fourth-order valence-corrected chi connectivity index (χ4v) is 3.40. The summed E-state index contributed by atoms with van der Waals surface area (Å²) in [5.41, 5.74) is 1.26. The highest BCUT2D eigenvalue weighted by molar-refractivity contribution is 5.80. The van der Waals surface area contributed by atoms with Gasteiger partial charge in [-0.15, -0.1) is 0 Å².